The molecule has 0 aliphatic carbocycles. The van der Waals surface area contributed by atoms with Crippen molar-refractivity contribution in [3.63, 3.8) is 0 Å². The first-order chi connectivity index (χ1) is 7.31. The average molecular weight is 203 g/mol. The third kappa shape index (κ3) is 3.21. The Balaban J connectivity index is 2.97. The summed E-state index contributed by atoms with van der Waals surface area (Å²) in [6.45, 7) is 2.12. The monoisotopic (exact) mass is 203 g/mol. The molecule has 1 aromatic rings. The first-order valence-electron chi connectivity index (χ1n) is 5.16. The summed E-state index contributed by atoms with van der Waals surface area (Å²) in [5, 5.41) is 3.12. The molecular formula is C13H17NO. The van der Waals surface area contributed by atoms with E-state index in [-0.39, 0.29) is 0 Å². The molecule has 2 nitrogen and oxygen atoms in total. The van der Waals surface area contributed by atoms with Gasteiger partial charge in [-0.15, -0.1) is 0 Å². The predicted molar refractivity (Wildman–Crippen MR) is 64.3 cm³/mol. The summed E-state index contributed by atoms with van der Waals surface area (Å²) >= 11 is 0. The number of hydrogen-bond donors (Lipinski definition) is 1. The van der Waals surface area contributed by atoms with Crippen LogP contribution in [0.2, 0.25) is 0 Å². The molecule has 0 bridgehead atoms. The second-order valence-corrected chi connectivity index (χ2v) is 3.21. The molecule has 0 saturated carbocycles. The van der Waals surface area contributed by atoms with Crippen LogP contribution >= 0.6 is 0 Å². The number of ether oxygens (including phenoxy) is 1. The molecule has 1 aromatic carbocycles. The molecular weight excluding hydrogens is 186 g/mol. The van der Waals surface area contributed by atoms with Crippen LogP contribution in [0.15, 0.2) is 18.2 Å². The van der Waals surface area contributed by atoms with E-state index < -0.39 is 0 Å². The lowest BCUT2D eigenvalue weighted by Crippen LogP contribution is -1.93. The van der Waals surface area contributed by atoms with Gasteiger partial charge >= 0.3 is 0 Å². The van der Waals surface area contributed by atoms with Crippen molar-refractivity contribution in [2.24, 2.45) is 0 Å². The molecule has 80 valence electrons. The van der Waals surface area contributed by atoms with Crippen molar-refractivity contribution in [1.82, 2.24) is 0 Å². The molecule has 0 saturated heterocycles. The third-order valence-corrected chi connectivity index (χ3v) is 2.09. The normalized spacial score (nSPS) is 9.00. The fraction of sp³-hybridized carbons (Fsp3) is 0.385. The zero-order valence-electron chi connectivity index (χ0n) is 9.55. The molecule has 1 N–H and O–H groups in total. The van der Waals surface area contributed by atoms with Crippen molar-refractivity contribution in [1.29, 1.82) is 0 Å². The minimum absolute atomic E-state index is 0.842. The number of hydrogen-bond acceptors (Lipinski definition) is 2. The average Bonchev–Trinajstić information content (AvgIpc) is 2.29. The van der Waals surface area contributed by atoms with E-state index >= 15 is 0 Å². The molecule has 15 heavy (non-hydrogen) atoms. The van der Waals surface area contributed by atoms with E-state index in [1.165, 1.54) is 0 Å². The topological polar surface area (TPSA) is 21.3 Å². The van der Waals surface area contributed by atoms with E-state index in [0.29, 0.717) is 0 Å². The highest BCUT2D eigenvalue weighted by Crippen LogP contribution is 2.20. The quantitative estimate of drug-likeness (QED) is 0.763. The Kier molecular flexibility index (Phi) is 4.56. The summed E-state index contributed by atoms with van der Waals surface area (Å²) in [4.78, 5) is 0. The Morgan fingerprint density at radius 1 is 1.40 bits per heavy atom. The molecule has 0 radical (unpaired) electrons. The van der Waals surface area contributed by atoms with Crippen LogP contribution in [0.4, 0.5) is 5.69 Å². The SMILES string of the molecule is CCCC#Cc1cc(OC)ccc1NC. The van der Waals surface area contributed by atoms with Gasteiger partial charge in [0.2, 0.25) is 0 Å². The van der Waals surface area contributed by atoms with E-state index in [4.69, 9.17) is 4.74 Å². The van der Waals surface area contributed by atoms with Gasteiger partial charge in [0.1, 0.15) is 5.75 Å². The molecule has 0 aliphatic rings. The van der Waals surface area contributed by atoms with E-state index in [1.807, 2.05) is 25.2 Å². The molecule has 0 amide bonds. The first kappa shape index (κ1) is 11.5. The minimum atomic E-state index is 0.842. The van der Waals surface area contributed by atoms with Crippen molar-refractivity contribution >= 4 is 5.69 Å². The highest BCUT2D eigenvalue weighted by Gasteiger charge is 1.99. The van der Waals surface area contributed by atoms with Crippen LogP contribution in [-0.2, 0) is 0 Å². The fourth-order valence-electron chi connectivity index (χ4n) is 1.25. The summed E-state index contributed by atoms with van der Waals surface area (Å²) in [5.74, 6) is 7.12. The number of benzene rings is 1. The standard InChI is InChI=1S/C13H17NO/c1-4-5-6-7-11-10-12(15-3)8-9-13(11)14-2/h8-10,14H,4-5H2,1-3H3. The summed E-state index contributed by atoms with van der Waals surface area (Å²) in [6.07, 6.45) is 2.02. The van der Waals surface area contributed by atoms with E-state index in [1.54, 1.807) is 7.11 Å². The lowest BCUT2D eigenvalue weighted by atomic mass is 10.1. The lowest BCUT2D eigenvalue weighted by molar-refractivity contribution is 0.415. The highest BCUT2D eigenvalue weighted by molar-refractivity contribution is 5.61. The molecule has 0 atom stereocenters. The predicted octanol–water partition coefficient (Wildman–Crippen LogP) is 2.89. The van der Waals surface area contributed by atoms with Crippen molar-refractivity contribution in [3.8, 4) is 17.6 Å². The van der Waals surface area contributed by atoms with Crippen molar-refractivity contribution < 1.29 is 4.74 Å². The third-order valence-electron chi connectivity index (χ3n) is 2.09. The second-order valence-electron chi connectivity index (χ2n) is 3.21. The maximum absolute atomic E-state index is 5.17. The Labute approximate surface area is 91.6 Å². The van der Waals surface area contributed by atoms with Gasteiger partial charge in [-0.05, 0) is 24.6 Å². The van der Waals surface area contributed by atoms with E-state index in [2.05, 4.69) is 24.1 Å². The number of anilines is 1. The maximum Gasteiger partial charge on any atom is 0.120 e. The summed E-state index contributed by atoms with van der Waals surface area (Å²) in [7, 11) is 3.56. The van der Waals surface area contributed by atoms with Gasteiger partial charge in [-0.25, -0.2) is 0 Å². The van der Waals surface area contributed by atoms with Crippen molar-refractivity contribution in [2.75, 3.05) is 19.5 Å². The van der Waals surface area contributed by atoms with Crippen LogP contribution in [0.5, 0.6) is 5.75 Å². The molecule has 1 rings (SSSR count). The Morgan fingerprint density at radius 3 is 2.80 bits per heavy atom. The van der Waals surface area contributed by atoms with Gasteiger partial charge in [-0.3, -0.25) is 0 Å². The molecule has 0 heterocycles. The van der Waals surface area contributed by atoms with Gasteiger partial charge in [0.15, 0.2) is 0 Å². The smallest absolute Gasteiger partial charge is 0.120 e. The van der Waals surface area contributed by atoms with Gasteiger partial charge in [-0.1, -0.05) is 18.8 Å². The largest absolute Gasteiger partial charge is 0.497 e. The summed E-state index contributed by atoms with van der Waals surface area (Å²) in [6, 6.07) is 5.86. The zero-order chi connectivity index (χ0) is 11.1. The number of nitrogens with one attached hydrogen (secondary N) is 1. The zero-order valence-corrected chi connectivity index (χ0v) is 9.55. The van der Waals surface area contributed by atoms with Crippen LogP contribution in [0.1, 0.15) is 25.3 Å². The fourth-order valence-corrected chi connectivity index (χ4v) is 1.25. The van der Waals surface area contributed by atoms with Crippen LogP contribution in [0.25, 0.3) is 0 Å². The number of rotatable bonds is 3. The van der Waals surface area contributed by atoms with Gasteiger partial charge in [0.25, 0.3) is 0 Å². The number of unbranched alkanes of at least 4 members (excludes halogenated alkanes) is 1. The Hall–Kier alpha value is -1.62. The molecule has 0 fully saturated rings. The molecule has 2 heteroatoms. The number of methoxy groups -OCH3 is 1. The van der Waals surface area contributed by atoms with Gasteiger partial charge < -0.3 is 10.1 Å². The van der Waals surface area contributed by atoms with Crippen LogP contribution < -0.4 is 10.1 Å². The first-order valence-corrected chi connectivity index (χ1v) is 5.16. The lowest BCUT2D eigenvalue weighted by Gasteiger charge is -2.05. The van der Waals surface area contributed by atoms with Gasteiger partial charge in [0, 0.05) is 19.2 Å². The van der Waals surface area contributed by atoms with Crippen LogP contribution in [0, 0.1) is 11.8 Å². The van der Waals surface area contributed by atoms with Crippen molar-refractivity contribution in [3.05, 3.63) is 23.8 Å². The van der Waals surface area contributed by atoms with Crippen LogP contribution in [0.3, 0.4) is 0 Å². The molecule has 0 spiro atoms. The van der Waals surface area contributed by atoms with E-state index in [9.17, 15) is 0 Å². The molecule has 0 unspecified atom stereocenters. The van der Waals surface area contributed by atoms with Gasteiger partial charge in [-0.2, -0.15) is 0 Å². The summed E-state index contributed by atoms with van der Waals surface area (Å²) < 4.78 is 5.17. The Bertz CT molecular complexity index is 374. The van der Waals surface area contributed by atoms with Crippen molar-refractivity contribution in [2.45, 2.75) is 19.8 Å². The maximum atomic E-state index is 5.17. The van der Waals surface area contributed by atoms with Gasteiger partial charge in [0.05, 0.1) is 12.7 Å². The molecule has 0 aliphatic heterocycles. The summed E-state index contributed by atoms with van der Waals surface area (Å²) in [5.41, 5.74) is 2.03. The van der Waals surface area contributed by atoms with Crippen LogP contribution in [-0.4, -0.2) is 14.2 Å². The molecule has 0 aromatic heterocycles. The van der Waals surface area contributed by atoms with E-state index in [0.717, 1.165) is 29.8 Å². The second kappa shape index (κ2) is 5.98. The minimum Gasteiger partial charge on any atom is -0.497 e. The Morgan fingerprint density at radius 2 is 2.20 bits per heavy atom. The highest BCUT2D eigenvalue weighted by atomic mass is 16.5.